The monoisotopic (exact) mass is 228 g/mol. The summed E-state index contributed by atoms with van der Waals surface area (Å²) in [4.78, 5) is 11.0. The van der Waals surface area contributed by atoms with E-state index in [0.29, 0.717) is 11.5 Å². The van der Waals surface area contributed by atoms with Gasteiger partial charge in [0.15, 0.2) is 0 Å². The number of nitrogens with zero attached hydrogens (tertiary/aromatic N) is 1. The molecular formula is C13H26NO2-. The zero-order valence-electron chi connectivity index (χ0n) is 10.8. The molecule has 0 heterocycles. The fourth-order valence-corrected chi connectivity index (χ4v) is 1.74. The molecule has 0 spiro atoms. The highest BCUT2D eigenvalue weighted by Crippen LogP contribution is 2.10. The van der Waals surface area contributed by atoms with E-state index >= 15 is 0 Å². The second kappa shape index (κ2) is 10.9. The topological polar surface area (TPSA) is 43.4 Å². The van der Waals surface area contributed by atoms with Gasteiger partial charge in [-0.1, -0.05) is 58.3 Å². The average Bonchev–Trinajstić information content (AvgIpc) is 2.26. The van der Waals surface area contributed by atoms with Gasteiger partial charge in [-0.3, -0.25) is 4.79 Å². The highest BCUT2D eigenvalue weighted by Gasteiger charge is 1.99. The number of rotatable bonds is 10. The summed E-state index contributed by atoms with van der Waals surface area (Å²) in [5, 5.41) is 11.0. The van der Waals surface area contributed by atoms with Crippen LogP contribution in [0.15, 0.2) is 0 Å². The van der Waals surface area contributed by atoms with Gasteiger partial charge in [0.1, 0.15) is 0 Å². The van der Waals surface area contributed by atoms with Crippen LogP contribution in [0, 0.1) is 5.21 Å². The fourth-order valence-electron chi connectivity index (χ4n) is 1.74. The number of amides is 1. The zero-order chi connectivity index (χ0) is 12.2. The van der Waals surface area contributed by atoms with Crippen LogP contribution < -0.4 is 0 Å². The Morgan fingerprint density at radius 1 is 0.938 bits per heavy atom. The third kappa shape index (κ3) is 9.97. The van der Waals surface area contributed by atoms with Gasteiger partial charge in [-0.15, -0.1) is 0 Å². The van der Waals surface area contributed by atoms with Crippen LogP contribution in [0.2, 0.25) is 0 Å². The average molecular weight is 228 g/mol. The number of hydroxylamine groups is 2. The van der Waals surface area contributed by atoms with Gasteiger partial charge in [0.05, 0.1) is 0 Å². The van der Waals surface area contributed by atoms with Crippen LogP contribution in [0.3, 0.4) is 0 Å². The Kier molecular flexibility index (Phi) is 10.5. The maximum absolute atomic E-state index is 11.0. The fraction of sp³-hybridized carbons (Fsp3) is 0.923. The van der Waals surface area contributed by atoms with Gasteiger partial charge in [-0.25, -0.2) is 0 Å². The molecule has 16 heavy (non-hydrogen) atoms. The lowest BCUT2D eigenvalue weighted by molar-refractivity contribution is -0.127. The molecule has 0 saturated heterocycles. The van der Waals surface area contributed by atoms with Crippen LogP contribution in [0.5, 0.6) is 0 Å². The van der Waals surface area contributed by atoms with Crippen LogP contribution in [0.25, 0.3) is 0 Å². The molecule has 0 aromatic rings. The summed E-state index contributed by atoms with van der Waals surface area (Å²) in [6.07, 6.45) is 11.5. The van der Waals surface area contributed by atoms with E-state index in [1.54, 1.807) is 0 Å². The first-order valence-corrected chi connectivity index (χ1v) is 6.62. The molecule has 0 fully saturated rings. The maximum Gasteiger partial charge on any atom is 0.211 e. The number of hydrogen-bond acceptors (Lipinski definition) is 2. The minimum atomic E-state index is -0.289. The first kappa shape index (κ1) is 15.4. The van der Waals surface area contributed by atoms with Crippen molar-refractivity contribution in [3.63, 3.8) is 0 Å². The molecule has 96 valence electrons. The van der Waals surface area contributed by atoms with Crippen molar-refractivity contribution in [2.24, 2.45) is 0 Å². The van der Waals surface area contributed by atoms with Gasteiger partial charge >= 0.3 is 0 Å². The Morgan fingerprint density at radius 3 is 1.81 bits per heavy atom. The lowest BCUT2D eigenvalue weighted by atomic mass is 10.1. The molecule has 0 aromatic carbocycles. The second-order valence-electron chi connectivity index (χ2n) is 4.47. The normalized spacial score (nSPS) is 10.4. The lowest BCUT2D eigenvalue weighted by Gasteiger charge is -2.21. The van der Waals surface area contributed by atoms with E-state index in [0.717, 1.165) is 12.8 Å². The van der Waals surface area contributed by atoms with E-state index in [1.807, 2.05) is 0 Å². The molecule has 1 amide bonds. The highest BCUT2D eigenvalue weighted by molar-refractivity contribution is 5.76. The quantitative estimate of drug-likeness (QED) is 0.421. The van der Waals surface area contributed by atoms with E-state index < -0.39 is 0 Å². The smallest absolute Gasteiger partial charge is 0.211 e. The van der Waals surface area contributed by atoms with E-state index in [2.05, 4.69) is 6.92 Å². The van der Waals surface area contributed by atoms with Crippen LogP contribution in [0.4, 0.5) is 0 Å². The third-order valence-electron chi connectivity index (χ3n) is 2.85. The molecule has 0 aromatic heterocycles. The SMILES string of the molecule is CCCCCCCCCCCC(=O)N(C)[O-]. The number of unbranched alkanes of at least 4 members (excludes halogenated alkanes) is 8. The molecular weight excluding hydrogens is 202 g/mol. The number of hydrogen-bond donors (Lipinski definition) is 0. The van der Waals surface area contributed by atoms with Crippen LogP contribution >= 0.6 is 0 Å². The molecule has 3 nitrogen and oxygen atoms in total. The molecule has 3 heteroatoms. The van der Waals surface area contributed by atoms with Crippen molar-refractivity contribution in [2.45, 2.75) is 71.1 Å². The van der Waals surface area contributed by atoms with Crippen LogP contribution in [0.1, 0.15) is 71.1 Å². The molecule has 0 bridgehead atoms. The highest BCUT2D eigenvalue weighted by atomic mass is 16.5. The van der Waals surface area contributed by atoms with Gasteiger partial charge in [0.25, 0.3) is 0 Å². The van der Waals surface area contributed by atoms with Gasteiger partial charge in [-0.2, -0.15) is 0 Å². The molecule has 0 atom stereocenters. The summed E-state index contributed by atoms with van der Waals surface area (Å²) in [5.74, 6) is -0.289. The van der Waals surface area contributed by atoms with Gasteiger partial charge < -0.3 is 10.3 Å². The summed E-state index contributed by atoms with van der Waals surface area (Å²) in [6, 6.07) is 0. The molecule has 0 N–H and O–H groups in total. The molecule has 0 aliphatic heterocycles. The first-order chi connectivity index (χ1) is 7.68. The van der Waals surface area contributed by atoms with E-state index in [4.69, 9.17) is 0 Å². The lowest BCUT2D eigenvalue weighted by Crippen LogP contribution is -2.19. The molecule has 0 saturated carbocycles. The predicted octanol–water partition coefficient (Wildman–Crippen LogP) is 3.86. The third-order valence-corrected chi connectivity index (χ3v) is 2.85. The van der Waals surface area contributed by atoms with E-state index in [-0.39, 0.29) is 5.91 Å². The summed E-state index contributed by atoms with van der Waals surface area (Å²) >= 11 is 0. The summed E-state index contributed by atoms with van der Waals surface area (Å²) in [5.41, 5.74) is 0. The van der Waals surface area contributed by atoms with E-state index in [9.17, 15) is 10.0 Å². The van der Waals surface area contributed by atoms with Crippen molar-refractivity contribution >= 4 is 5.91 Å². The van der Waals surface area contributed by atoms with Gasteiger partial charge in [-0.05, 0) is 13.5 Å². The zero-order valence-corrected chi connectivity index (χ0v) is 10.8. The van der Waals surface area contributed by atoms with Crippen LogP contribution in [-0.2, 0) is 4.79 Å². The number of carbonyl (C=O) groups is 1. The minimum absolute atomic E-state index is 0.289. The summed E-state index contributed by atoms with van der Waals surface area (Å²) in [7, 11) is 1.27. The van der Waals surface area contributed by atoms with Crippen molar-refractivity contribution in [2.75, 3.05) is 7.05 Å². The molecule has 0 radical (unpaired) electrons. The maximum atomic E-state index is 11.0. The van der Waals surface area contributed by atoms with Crippen molar-refractivity contribution < 1.29 is 4.79 Å². The van der Waals surface area contributed by atoms with Crippen LogP contribution in [-0.4, -0.2) is 18.0 Å². The van der Waals surface area contributed by atoms with Crippen molar-refractivity contribution in [3.8, 4) is 0 Å². The minimum Gasteiger partial charge on any atom is -0.756 e. The summed E-state index contributed by atoms with van der Waals surface area (Å²) < 4.78 is 0. The summed E-state index contributed by atoms with van der Waals surface area (Å²) in [6.45, 7) is 2.23. The second-order valence-corrected chi connectivity index (χ2v) is 4.47. The van der Waals surface area contributed by atoms with Crippen molar-refractivity contribution in [1.82, 2.24) is 5.06 Å². The Balaban J connectivity index is 3.07. The molecule has 0 rings (SSSR count). The number of carbonyl (C=O) groups excluding carboxylic acids is 1. The van der Waals surface area contributed by atoms with Gasteiger partial charge in [0, 0.05) is 6.42 Å². The van der Waals surface area contributed by atoms with Crippen molar-refractivity contribution in [3.05, 3.63) is 5.21 Å². The largest absolute Gasteiger partial charge is 0.756 e. The Hall–Kier alpha value is -0.570. The van der Waals surface area contributed by atoms with Crippen molar-refractivity contribution in [1.29, 1.82) is 0 Å². The van der Waals surface area contributed by atoms with Gasteiger partial charge in [0.2, 0.25) is 5.91 Å². The Bertz CT molecular complexity index is 169. The Labute approximate surface area is 99.8 Å². The Morgan fingerprint density at radius 2 is 1.38 bits per heavy atom. The molecule has 0 unspecified atom stereocenters. The molecule has 0 aliphatic rings. The van der Waals surface area contributed by atoms with E-state index in [1.165, 1.54) is 52.0 Å². The standard InChI is InChI=1S/C13H26NO2/c1-3-4-5-6-7-8-9-10-11-12-13(15)14(2)16/h3-12H2,1-2H3/q-1. The molecule has 0 aliphatic carbocycles. The predicted molar refractivity (Wildman–Crippen MR) is 68.0 cm³/mol. The first-order valence-electron chi connectivity index (χ1n) is 6.62.